The van der Waals surface area contributed by atoms with Crippen LogP contribution in [0.25, 0.3) is 0 Å². The molecule has 84 valence electrons. The van der Waals surface area contributed by atoms with Crippen LogP contribution in [0.2, 0.25) is 0 Å². The molecule has 0 saturated carbocycles. The number of carboxylic acid groups (broad SMARTS) is 1. The van der Waals surface area contributed by atoms with Crippen LogP contribution in [0.5, 0.6) is 0 Å². The minimum absolute atomic E-state index is 0.00995. The molecular formula is C10H16N2O3. The summed E-state index contributed by atoms with van der Waals surface area (Å²) < 4.78 is 4.85. The summed E-state index contributed by atoms with van der Waals surface area (Å²) in [5.74, 6) is -0.512. The zero-order chi connectivity index (χ0) is 11.6. The van der Waals surface area contributed by atoms with Crippen molar-refractivity contribution in [2.45, 2.75) is 39.8 Å². The Morgan fingerprint density at radius 1 is 1.53 bits per heavy atom. The molecule has 1 aromatic rings. The van der Waals surface area contributed by atoms with Crippen molar-refractivity contribution in [2.24, 2.45) is 0 Å². The van der Waals surface area contributed by atoms with Crippen LogP contribution in [0, 0.1) is 6.92 Å². The summed E-state index contributed by atoms with van der Waals surface area (Å²) in [4.78, 5) is 10.8. The van der Waals surface area contributed by atoms with E-state index in [1.165, 1.54) is 0 Å². The topological polar surface area (TPSA) is 75.4 Å². The summed E-state index contributed by atoms with van der Waals surface area (Å²) in [7, 11) is 0. The molecular weight excluding hydrogens is 196 g/mol. The number of aromatic nitrogens is 1. The third-order valence-electron chi connectivity index (χ3n) is 1.98. The van der Waals surface area contributed by atoms with Crippen LogP contribution in [0.1, 0.15) is 42.6 Å². The standard InChI is InChI=1S/C10H16N2O3/c1-6-7(5-11-10(2,3)4)8(9(13)14)12-15-6/h11H,5H2,1-4H3,(H,13,14). The second-order valence-electron chi connectivity index (χ2n) is 4.47. The first-order chi connectivity index (χ1) is 6.81. The molecule has 0 aliphatic carbocycles. The Morgan fingerprint density at radius 2 is 2.13 bits per heavy atom. The van der Waals surface area contributed by atoms with Crippen LogP contribution in [-0.4, -0.2) is 21.8 Å². The predicted octanol–water partition coefficient (Wildman–Crippen LogP) is 1.57. The van der Waals surface area contributed by atoms with Crippen molar-refractivity contribution < 1.29 is 14.4 Å². The highest BCUT2D eigenvalue weighted by molar-refractivity contribution is 5.87. The van der Waals surface area contributed by atoms with Gasteiger partial charge in [0.2, 0.25) is 0 Å². The molecule has 0 unspecified atom stereocenters. The maximum atomic E-state index is 10.8. The van der Waals surface area contributed by atoms with Crippen molar-refractivity contribution in [2.75, 3.05) is 0 Å². The fourth-order valence-electron chi connectivity index (χ4n) is 1.12. The van der Waals surface area contributed by atoms with E-state index in [-0.39, 0.29) is 11.2 Å². The van der Waals surface area contributed by atoms with E-state index < -0.39 is 5.97 Å². The van der Waals surface area contributed by atoms with E-state index in [1.807, 2.05) is 20.8 Å². The number of hydrogen-bond acceptors (Lipinski definition) is 4. The summed E-state index contributed by atoms with van der Waals surface area (Å²) >= 11 is 0. The average Bonchev–Trinajstić information content (AvgIpc) is 2.42. The number of carbonyl (C=O) groups is 1. The highest BCUT2D eigenvalue weighted by Crippen LogP contribution is 2.14. The molecule has 0 aromatic carbocycles. The fraction of sp³-hybridized carbons (Fsp3) is 0.600. The molecule has 1 heterocycles. The zero-order valence-electron chi connectivity index (χ0n) is 9.42. The van der Waals surface area contributed by atoms with Gasteiger partial charge in [0.05, 0.1) is 0 Å². The lowest BCUT2D eigenvalue weighted by Gasteiger charge is -2.20. The van der Waals surface area contributed by atoms with E-state index in [0.29, 0.717) is 17.9 Å². The lowest BCUT2D eigenvalue weighted by atomic mass is 10.1. The van der Waals surface area contributed by atoms with Gasteiger partial charge in [-0.1, -0.05) is 5.16 Å². The molecule has 0 radical (unpaired) electrons. The molecule has 5 heteroatoms. The van der Waals surface area contributed by atoms with Gasteiger partial charge in [-0.05, 0) is 27.7 Å². The van der Waals surface area contributed by atoms with Gasteiger partial charge in [0, 0.05) is 17.6 Å². The molecule has 0 fully saturated rings. The quantitative estimate of drug-likeness (QED) is 0.795. The van der Waals surface area contributed by atoms with E-state index in [9.17, 15) is 4.79 Å². The highest BCUT2D eigenvalue weighted by Gasteiger charge is 2.20. The monoisotopic (exact) mass is 212 g/mol. The van der Waals surface area contributed by atoms with Gasteiger partial charge < -0.3 is 14.9 Å². The summed E-state index contributed by atoms with van der Waals surface area (Å²) in [5, 5.41) is 15.6. The maximum Gasteiger partial charge on any atom is 0.358 e. The zero-order valence-corrected chi connectivity index (χ0v) is 9.42. The molecule has 0 aliphatic rings. The molecule has 0 aliphatic heterocycles. The lowest BCUT2D eigenvalue weighted by molar-refractivity contribution is 0.0684. The second kappa shape index (κ2) is 4.02. The van der Waals surface area contributed by atoms with Gasteiger partial charge in [-0.3, -0.25) is 0 Å². The molecule has 0 bridgehead atoms. The first kappa shape index (κ1) is 11.7. The number of carboxylic acids is 1. The maximum absolute atomic E-state index is 10.8. The number of rotatable bonds is 3. The van der Waals surface area contributed by atoms with Gasteiger partial charge in [-0.25, -0.2) is 4.79 Å². The Hall–Kier alpha value is -1.36. The van der Waals surface area contributed by atoms with Gasteiger partial charge >= 0.3 is 5.97 Å². The SMILES string of the molecule is Cc1onc(C(=O)O)c1CNC(C)(C)C. The average molecular weight is 212 g/mol. The molecule has 0 spiro atoms. The third kappa shape index (κ3) is 3.06. The number of aromatic carboxylic acids is 1. The smallest absolute Gasteiger partial charge is 0.358 e. The summed E-state index contributed by atoms with van der Waals surface area (Å²) in [5.41, 5.74) is 0.529. The van der Waals surface area contributed by atoms with Gasteiger partial charge in [-0.15, -0.1) is 0 Å². The largest absolute Gasteiger partial charge is 0.476 e. The predicted molar refractivity (Wildman–Crippen MR) is 54.8 cm³/mol. The van der Waals surface area contributed by atoms with Crippen LogP contribution in [0.4, 0.5) is 0 Å². The summed E-state index contributed by atoms with van der Waals surface area (Å²) in [6.07, 6.45) is 0. The number of hydrogen-bond donors (Lipinski definition) is 2. The van der Waals surface area contributed by atoms with Crippen molar-refractivity contribution in [3.8, 4) is 0 Å². The highest BCUT2D eigenvalue weighted by atomic mass is 16.5. The minimum Gasteiger partial charge on any atom is -0.476 e. The van der Waals surface area contributed by atoms with Gasteiger partial charge in [0.15, 0.2) is 5.69 Å². The molecule has 1 aromatic heterocycles. The molecule has 0 saturated heterocycles. The third-order valence-corrected chi connectivity index (χ3v) is 1.98. The molecule has 5 nitrogen and oxygen atoms in total. The molecule has 1 rings (SSSR count). The van der Waals surface area contributed by atoms with E-state index >= 15 is 0 Å². The first-order valence-electron chi connectivity index (χ1n) is 4.75. The molecule has 0 atom stereocenters. The fourth-order valence-corrected chi connectivity index (χ4v) is 1.12. The number of nitrogens with one attached hydrogen (secondary N) is 1. The van der Waals surface area contributed by atoms with Gasteiger partial charge in [0.1, 0.15) is 5.76 Å². The first-order valence-corrected chi connectivity index (χ1v) is 4.75. The second-order valence-corrected chi connectivity index (χ2v) is 4.47. The van der Waals surface area contributed by atoms with Crippen molar-refractivity contribution in [1.82, 2.24) is 10.5 Å². The Labute approximate surface area is 88.5 Å². The Morgan fingerprint density at radius 3 is 2.60 bits per heavy atom. The summed E-state index contributed by atoms with van der Waals surface area (Å²) in [6, 6.07) is 0. The minimum atomic E-state index is -1.06. The van der Waals surface area contributed by atoms with Crippen LogP contribution in [0.15, 0.2) is 4.52 Å². The van der Waals surface area contributed by atoms with Crippen molar-refractivity contribution >= 4 is 5.97 Å². The van der Waals surface area contributed by atoms with Crippen LogP contribution in [-0.2, 0) is 6.54 Å². The van der Waals surface area contributed by atoms with Crippen molar-refractivity contribution in [3.05, 3.63) is 17.0 Å². The van der Waals surface area contributed by atoms with E-state index in [4.69, 9.17) is 9.63 Å². The van der Waals surface area contributed by atoms with Gasteiger partial charge in [0.25, 0.3) is 0 Å². The van der Waals surface area contributed by atoms with E-state index in [1.54, 1.807) is 6.92 Å². The van der Waals surface area contributed by atoms with E-state index in [0.717, 1.165) is 0 Å². The Balaban J connectivity index is 2.84. The Kier molecular flexibility index (Phi) is 3.14. The Bertz CT molecular complexity index is 363. The molecule has 2 N–H and O–H groups in total. The normalized spacial score (nSPS) is 11.7. The van der Waals surface area contributed by atoms with Crippen molar-refractivity contribution in [1.29, 1.82) is 0 Å². The number of nitrogens with zero attached hydrogens (tertiary/aromatic N) is 1. The van der Waals surface area contributed by atoms with Crippen molar-refractivity contribution in [3.63, 3.8) is 0 Å². The van der Waals surface area contributed by atoms with Crippen LogP contribution < -0.4 is 5.32 Å². The van der Waals surface area contributed by atoms with Crippen LogP contribution in [0.3, 0.4) is 0 Å². The van der Waals surface area contributed by atoms with Crippen LogP contribution >= 0.6 is 0 Å². The summed E-state index contributed by atoms with van der Waals surface area (Å²) in [6.45, 7) is 8.18. The van der Waals surface area contributed by atoms with Gasteiger partial charge in [-0.2, -0.15) is 0 Å². The molecule has 0 amide bonds. The number of aryl methyl sites for hydroxylation is 1. The molecule has 15 heavy (non-hydrogen) atoms. The van der Waals surface area contributed by atoms with E-state index in [2.05, 4.69) is 10.5 Å². The lowest BCUT2D eigenvalue weighted by Crippen LogP contribution is -2.35.